The lowest BCUT2D eigenvalue weighted by atomic mass is 9.99. The van der Waals surface area contributed by atoms with E-state index in [1.807, 2.05) is 0 Å². The normalized spacial score (nSPS) is 22.3. The summed E-state index contributed by atoms with van der Waals surface area (Å²) in [6.45, 7) is 3.75. The fourth-order valence-corrected chi connectivity index (χ4v) is 6.68. The number of unbranched alkanes of at least 4 members (excludes halogenated alkanes) is 22. The van der Waals surface area contributed by atoms with E-state index >= 15 is 0 Å². The summed E-state index contributed by atoms with van der Waals surface area (Å²) in [5, 5.41) is 53.8. The van der Waals surface area contributed by atoms with Crippen molar-refractivity contribution in [1.82, 2.24) is 5.32 Å². The maximum absolute atomic E-state index is 12.8. The fourth-order valence-electron chi connectivity index (χ4n) is 6.68. The Balaban J connectivity index is 2.22. The van der Waals surface area contributed by atoms with Crippen molar-refractivity contribution in [3.8, 4) is 0 Å². The molecule has 0 bridgehead atoms. The van der Waals surface area contributed by atoms with E-state index in [1.54, 1.807) is 0 Å². The van der Waals surface area contributed by atoms with Crippen molar-refractivity contribution in [3.05, 3.63) is 12.2 Å². The van der Waals surface area contributed by atoms with Crippen molar-refractivity contribution in [2.75, 3.05) is 13.2 Å². The third kappa shape index (κ3) is 23.5. The maximum atomic E-state index is 12.8. The van der Waals surface area contributed by atoms with E-state index in [0.29, 0.717) is 12.8 Å². The molecular formula is C41H79NO8. The summed E-state index contributed by atoms with van der Waals surface area (Å²) < 4.78 is 11.2. The second-order valence-electron chi connectivity index (χ2n) is 14.8. The van der Waals surface area contributed by atoms with Gasteiger partial charge in [0.2, 0.25) is 5.91 Å². The topological polar surface area (TPSA) is 149 Å². The van der Waals surface area contributed by atoms with Gasteiger partial charge in [-0.1, -0.05) is 154 Å². The second-order valence-corrected chi connectivity index (χ2v) is 14.8. The van der Waals surface area contributed by atoms with Crippen molar-refractivity contribution in [1.29, 1.82) is 0 Å². The minimum atomic E-state index is -1.55. The van der Waals surface area contributed by atoms with Crippen LogP contribution in [-0.2, 0) is 14.3 Å². The zero-order valence-electron chi connectivity index (χ0n) is 32.2. The number of allylic oxidation sites excluding steroid dienone is 2. The maximum Gasteiger partial charge on any atom is 0.220 e. The minimum Gasteiger partial charge on any atom is -0.394 e. The highest BCUT2D eigenvalue weighted by molar-refractivity contribution is 5.76. The van der Waals surface area contributed by atoms with Gasteiger partial charge in [0.1, 0.15) is 24.4 Å². The molecule has 50 heavy (non-hydrogen) atoms. The smallest absolute Gasteiger partial charge is 0.220 e. The molecule has 0 radical (unpaired) electrons. The first-order chi connectivity index (χ1) is 24.3. The number of ether oxygens (including phenoxy) is 2. The summed E-state index contributed by atoms with van der Waals surface area (Å²) in [6.07, 6.45) is 28.3. The molecule has 1 rings (SSSR count). The van der Waals surface area contributed by atoms with Crippen molar-refractivity contribution in [2.45, 2.75) is 230 Å². The number of carbonyl (C=O) groups excluding carboxylic acids is 1. The average Bonchev–Trinajstić information content (AvgIpc) is 3.11. The molecule has 7 unspecified atom stereocenters. The first-order valence-corrected chi connectivity index (χ1v) is 20.9. The molecule has 0 aromatic heterocycles. The number of rotatable bonds is 34. The summed E-state index contributed by atoms with van der Waals surface area (Å²) in [7, 11) is 0. The van der Waals surface area contributed by atoms with E-state index in [2.05, 4.69) is 31.3 Å². The van der Waals surface area contributed by atoms with E-state index in [9.17, 15) is 30.3 Å². The molecule has 1 amide bonds. The molecule has 1 aliphatic heterocycles. The second kappa shape index (κ2) is 32.6. The first kappa shape index (κ1) is 47.0. The van der Waals surface area contributed by atoms with Crippen LogP contribution in [0.15, 0.2) is 12.2 Å². The van der Waals surface area contributed by atoms with Gasteiger partial charge in [-0.15, -0.1) is 0 Å². The molecule has 0 aromatic rings. The molecule has 1 saturated heterocycles. The molecule has 0 aromatic carbocycles. The van der Waals surface area contributed by atoms with Gasteiger partial charge in [0.05, 0.1) is 25.4 Å². The predicted molar refractivity (Wildman–Crippen MR) is 203 cm³/mol. The highest BCUT2D eigenvalue weighted by atomic mass is 16.7. The third-order valence-electron chi connectivity index (χ3n) is 10.1. The lowest BCUT2D eigenvalue weighted by molar-refractivity contribution is -0.302. The SMILES string of the molecule is CCCCCCCCCC/C=C\CCCCCCCCCCCC(=O)NC(COC1OC(CO)C(O)C(O)C1O)C(O)CCCCCCCC. The summed E-state index contributed by atoms with van der Waals surface area (Å²) in [4.78, 5) is 12.8. The van der Waals surface area contributed by atoms with Gasteiger partial charge in [0.25, 0.3) is 0 Å². The lowest BCUT2D eigenvalue weighted by Crippen LogP contribution is -2.60. The Hall–Kier alpha value is -1.07. The van der Waals surface area contributed by atoms with Crippen molar-refractivity contribution in [2.24, 2.45) is 0 Å². The molecule has 6 N–H and O–H groups in total. The number of aliphatic hydroxyl groups excluding tert-OH is 5. The van der Waals surface area contributed by atoms with E-state index in [4.69, 9.17) is 9.47 Å². The average molecular weight is 714 g/mol. The van der Waals surface area contributed by atoms with Gasteiger partial charge in [-0.05, 0) is 38.5 Å². The zero-order valence-corrected chi connectivity index (χ0v) is 32.2. The van der Waals surface area contributed by atoms with Gasteiger partial charge in [-0.25, -0.2) is 0 Å². The van der Waals surface area contributed by atoms with Crippen molar-refractivity contribution in [3.63, 3.8) is 0 Å². The number of hydrogen-bond acceptors (Lipinski definition) is 8. The van der Waals surface area contributed by atoms with Crippen LogP contribution in [0.25, 0.3) is 0 Å². The van der Waals surface area contributed by atoms with Crippen LogP contribution in [0.3, 0.4) is 0 Å². The number of carbonyl (C=O) groups is 1. The van der Waals surface area contributed by atoms with Gasteiger partial charge < -0.3 is 40.3 Å². The predicted octanol–water partition coefficient (Wildman–Crippen LogP) is 7.78. The summed E-state index contributed by atoms with van der Waals surface area (Å²) in [6, 6.07) is -0.712. The summed E-state index contributed by atoms with van der Waals surface area (Å²) in [5.74, 6) is -0.152. The van der Waals surface area contributed by atoms with E-state index in [0.717, 1.165) is 38.5 Å². The Labute approximate surface area is 306 Å². The Morgan fingerprint density at radius 2 is 1.12 bits per heavy atom. The molecule has 1 heterocycles. The number of aliphatic hydroxyl groups is 5. The summed E-state index contributed by atoms with van der Waals surface area (Å²) in [5.41, 5.74) is 0. The molecular weight excluding hydrogens is 634 g/mol. The van der Waals surface area contributed by atoms with Crippen LogP contribution in [0.1, 0.15) is 187 Å². The molecule has 0 aliphatic carbocycles. The van der Waals surface area contributed by atoms with Crippen LogP contribution in [0.5, 0.6) is 0 Å². The summed E-state index contributed by atoms with van der Waals surface area (Å²) >= 11 is 0. The van der Waals surface area contributed by atoms with Crippen LogP contribution in [0.2, 0.25) is 0 Å². The van der Waals surface area contributed by atoms with Gasteiger partial charge in [0.15, 0.2) is 6.29 Å². The standard InChI is InChI=1S/C41H79NO8/c1-3-5-7-9-11-12-13-14-15-16-17-18-19-20-21-22-23-24-25-27-29-31-37(45)42-34(35(44)30-28-26-10-8-6-4-2)33-49-41-40(48)39(47)38(46)36(32-43)50-41/h16-17,34-36,38-41,43-44,46-48H,3-15,18-33H2,1-2H3,(H,42,45)/b17-16-. The van der Waals surface area contributed by atoms with Gasteiger partial charge in [-0.2, -0.15) is 0 Å². The minimum absolute atomic E-state index is 0.138. The van der Waals surface area contributed by atoms with Crippen LogP contribution in [0.4, 0.5) is 0 Å². The largest absolute Gasteiger partial charge is 0.394 e. The first-order valence-electron chi connectivity index (χ1n) is 20.9. The highest BCUT2D eigenvalue weighted by Gasteiger charge is 2.44. The Kier molecular flexibility index (Phi) is 30.6. The number of nitrogens with one attached hydrogen (secondary N) is 1. The van der Waals surface area contributed by atoms with Crippen molar-refractivity contribution < 1.29 is 39.8 Å². The molecule has 0 spiro atoms. The van der Waals surface area contributed by atoms with Crippen LogP contribution >= 0.6 is 0 Å². The molecule has 1 aliphatic rings. The number of hydrogen-bond donors (Lipinski definition) is 6. The molecule has 296 valence electrons. The third-order valence-corrected chi connectivity index (χ3v) is 10.1. The monoisotopic (exact) mass is 714 g/mol. The van der Waals surface area contributed by atoms with Crippen LogP contribution in [-0.4, -0.2) is 87.5 Å². The molecule has 7 atom stereocenters. The van der Waals surface area contributed by atoms with Crippen molar-refractivity contribution >= 4 is 5.91 Å². The van der Waals surface area contributed by atoms with Crippen LogP contribution in [0, 0.1) is 0 Å². The lowest BCUT2D eigenvalue weighted by Gasteiger charge is -2.40. The fraction of sp³-hybridized carbons (Fsp3) is 0.927. The Bertz CT molecular complexity index is 797. The number of amides is 1. The quantitative estimate of drug-likeness (QED) is 0.0293. The molecule has 1 fully saturated rings. The van der Waals surface area contributed by atoms with Crippen LogP contribution < -0.4 is 5.32 Å². The van der Waals surface area contributed by atoms with Gasteiger partial charge in [0, 0.05) is 6.42 Å². The molecule has 0 saturated carbocycles. The van der Waals surface area contributed by atoms with Gasteiger partial charge >= 0.3 is 0 Å². The molecule has 9 nitrogen and oxygen atoms in total. The highest BCUT2D eigenvalue weighted by Crippen LogP contribution is 2.23. The molecule has 9 heteroatoms. The van der Waals surface area contributed by atoms with Gasteiger partial charge in [-0.3, -0.25) is 4.79 Å². The zero-order chi connectivity index (χ0) is 36.7. The van der Waals surface area contributed by atoms with E-state index in [-0.39, 0.29) is 12.5 Å². The van der Waals surface area contributed by atoms with E-state index < -0.39 is 49.5 Å². The Morgan fingerprint density at radius 3 is 1.62 bits per heavy atom. The van der Waals surface area contributed by atoms with E-state index in [1.165, 1.54) is 122 Å². The Morgan fingerprint density at radius 1 is 0.660 bits per heavy atom.